The van der Waals surface area contributed by atoms with E-state index in [1.807, 2.05) is 37.3 Å². The average molecular weight is 455 g/mol. The molecule has 0 radical (unpaired) electrons. The fourth-order valence-corrected chi connectivity index (χ4v) is 5.51. The van der Waals surface area contributed by atoms with E-state index in [0.717, 1.165) is 22.9 Å². The SMILES string of the molecule is CCn1ccc2c(c1=O)C(Cc1cccc(-c3ccccc3F)c1)C(NS(C)(=O)=O)CC2. The molecule has 5 nitrogen and oxygen atoms in total. The number of benzene rings is 2. The number of rotatable bonds is 6. The molecule has 0 saturated carbocycles. The molecule has 0 amide bonds. The lowest BCUT2D eigenvalue weighted by molar-refractivity contribution is 0.424. The average Bonchev–Trinajstić information content (AvgIpc) is 2.75. The number of hydrogen-bond acceptors (Lipinski definition) is 3. The minimum Gasteiger partial charge on any atom is -0.316 e. The van der Waals surface area contributed by atoms with Gasteiger partial charge in [0.2, 0.25) is 10.0 Å². The first-order chi connectivity index (χ1) is 15.3. The number of aromatic nitrogens is 1. The van der Waals surface area contributed by atoms with Crippen LogP contribution < -0.4 is 10.3 Å². The Morgan fingerprint density at radius 3 is 2.62 bits per heavy atom. The third-order valence-corrected chi connectivity index (χ3v) is 6.88. The second-order valence-corrected chi connectivity index (χ2v) is 10.2. The highest BCUT2D eigenvalue weighted by molar-refractivity contribution is 7.88. The highest BCUT2D eigenvalue weighted by Gasteiger charge is 2.34. The van der Waals surface area contributed by atoms with E-state index in [0.29, 0.717) is 36.9 Å². The van der Waals surface area contributed by atoms with Crippen LogP contribution in [0.1, 0.15) is 36.0 Å². The second-order valence-electron chi connectivity index (χ2n) is 8.37. The van der Waals surface area contributed by atoms with Crippen molar-refractivity contribution in [3.05, 3.63) is 93.7 Å². The van der Waals surface area contributed by atoms with E-state index >= 15 is 0 Å². The predicted molar refractivity (Wildman–Crippen MR) is 125 cm³/mol. The van der Waals surface area contributed by atoms with Crippen LogP contribution >= 0.6 is 0 Å². The van der Waals surface area contributed by atoms with Crippen molar-refractivity contribution in [1.29, 1.82) is 0 Å². The van der Waals surface area contributed by atoms with Gasteiger partial charge in [-0.25, -0.2) is 17.5 Å². The van der Waals surface area contributed by atoms with Crippen molar-refractivity contribution < 1.29 is 12.8 Å². The Morgan fingerprint density at radius 1 is 1.12 bits per heavy atom. The van der Waals surface area contributed by atoms with Gasteiger partial charge in [-0.15, -0.1) is 0 Å². The minimum atomic E-state index is -3.45. The zero-order chi connectivity index (χ0) is 22.9. The van der Waals surface area contributed by atoms with Crippen LogP contribution in [0.25, 0.3) is 11.1 Å². The zero-order valence-electron chi connectivity index (χ0n) is 18.2. The van der Waals surface area contributed by atoms with Crippen molar-refractivity contribution >= 4 is 10.0 Å². The van der Waals surface area contributed by atoms with Crippen LogP contribution in [-0.2, 0) is 29.4 Å². The van der Waals surface area contributed by atoms with Crippen molar-refractivity contribution in [3.63, 3.8) is 0 Å². The van der Waals surface area contributed by atoms with E-state index in [1.54, 1.807) is 29.0 Å². The van der Waals surface area contributed by atoms with E-state index in [1.165, 1.54) is 6.07 Å². The van der Waals surface area contributed by atoms with E-state index in [-0.39, 0.29) is 23.3 Å². The molecule has 2 unspecified atom stereocenters. The monoisotopic (exact) mass is 454 g/mol. The molecule has 1 heterocycles. The lowest BCUT2D eigenvalue weighted by Crippen LogP contribution is -2.45. The lowest BCUT2D eigenvalue weighted by Gasteiger charge is -2.33. The summed E-state index contributed by atoms with van der Waals surface area (Å²) in [7, 11) is -3.45. The van der Waals surface area contributed by atoms with E-state index in [2.05, 4.69) is 4.72 Å². The van der Waals surface area contributed by atoms with Gasteiger partial charge in [-0.05, 0) is 55.0 Å². The first-order valence-electron chi connectivity index (χ1n) is 10.8. The molecular weight excluding hydrogens is 427 g/mol. The van der Waals surface area contributed by atoms with Gasteiger partial charge < -0.3 is 4.57 Å². The van der Waals surface area contributed by atoms with Gasteiger partial charge in [-0.2, -0.15) is 0 Å². The molecule has 0 spiro atoms. The highest BCUT2D eigenvalue weighted by atomic mass is 32.2. The zero-order valence-corrected chi connectivity index (χ0v) is 19.0. The maximum absolute atomic E-state index is 14.3. The predicted octanol–water partition coefficient (Wildman–Crippen LogP) is 3.86. The molecule has 168 valence electrons. The molecule has 2 atom stereocenters. The van der Waals surface area contributed by atoms with Crippen LogP contribution in [0.2, 0.25) is 0 Å². The van der Waals surface area contributed by atoms with Crippen molar-refractivity contribution in [1.82, 2.24) is 9.29 Å². The number of sulfonamides is 1. The lowest BCUT2D eigenvalue weighted by atomic mass is 9.77. The summed E-state index contributed by atoms with van der Waals surface area (Å²) in [5, 5.41) is 0. The Balaban J connectivity index is 1.77. The highest BCUT2D eigenvalue weighted by Crippen LogP contribution is 2.34. The smallest absolute Gasteiger partial charge is 0.254 e. The van der Waals surface area contributed by atoms with Crippen molar-refractivity contribution in [3.8, 4) is 11.1 Å². The fourth-order valence-electron chi connectivity index (χ4n) is 4.68. The van der Waals surface area contributed by atoms with Crippen molar-refractivity contribution in [2.75, 3.05) is 6.26 Å². The Bertz CT molecular complexity index is 1300. The summed E-state index contributed by atoms with van der Waals surface area (Å²) in [5.41, 5.74) is 3.77. The molecule has 3 aromatic rings. The van der Waals surface area contributed by atoms with E-state index < -0.39 is 10.0 Å². The number of nitrogens with zero attached hydrogens (tertiary/aromatic N) is 1. The van der Waals surface area contributed by atoms with Gasteiger partial charge in [0.1, 0.15) is 5.82 Å². The quantitative estimate of drug-likeness (QED) is 0.615. The maximum atomic E-state index is 14.3. The topological polar surface area (TPSA) is 68.2 Å². The fraction of sp³-hybridized carbons (Fsp3) is 0.320. The first-order valence-corrected chi connectivity index (χ1v) is 12.7. The van der Waals surface area contributed by atoms with Gasteiger partial charge in [-0.3, -0.25) is 4.79 Å². The molecule has 1 N–H and O–H groups in total. The summed E-state index contributed by atoms with van der Waals surface area (Å²) in [4.78, 5) is 13.2. The minimum absolute atomic E-state index is 0.0692. The van der Waals surface area contributed by atoms with Crippen LogP contribution in [-0.4, -0.2) is 25.3 Å². The molecule has 1 aliphatic carbocycles. The number of hydrogen-bond donors (Lipinski definition) is 1. The van der Waals surface area contributed by atoms with Gasteiger partial charge in [-0.1, -0.05) is 42.5 Å². The van der Waals surface area contributed by atoms with Crippen LogP contribution in [0, 0.1) is 5.82 Å². The normalized spacial score (nSPS) is 18.3. The molecule has 7 heteroatoms. The second kappa shape index (κ2) is 9.00. The standard InChI is InChI=1S/C25H27FN2O3S/c1-3-28-14-13-18-11-12-23(27-32(2,30)31)21(24(18)25(28)29)16-17-7-6-8-19(15-17)20-9-4-5-10-22(20)26/h4-10,13-15,21,23,27H,3,11-12,16H2,1-2H3. The third-order valence-electron chi connectivity index (χ3n) is 6.15. The van der Waals surface area contributed by atoms with Crippen LogP contribution in [0.15, 0.2) is 65.6 Å². The Hall–Kier alpha value is -2.77. The van der Waals surface area contributed by atoms with Crippen LogP contribution in [0.3, 0.4) is 0 Å². The first kappa shape index (κ1) is 22.4. The summed E-state index contributed by atoms with van der Waals surface area (Å²) >= 11 is 0. The van der Waals surface area contributed by atoms with Gasteiger partial charge >= 0.3 is 0 Å². The third kappa shape index (κ3) is 4.69. The van der Waals surface area contributed by atoms with Gasteiger partial charge in [0.05, 0.1) is 6.26 Å². The number of fused-ring (bicyclic) bond motifs is 1. The maximum Gasteiger partial charge on any atom is 0.254 e. The summed E-state index contributed by atoms with van der Waals surface area (Å²) in [6.07, 6.45) is 4.70. The number of pyridine rings is 1. The molecule has 4 rings (SSSR count). The summed E-state index contributed by atoms with van der Waals surface area (Å²) in [6.45, 7) is 2.46. The van der Waals surface area contributed by atoms with Crippen LogP contribution in [0.5, 0.6) is 0 Å². The molecule has 0 saturated heterocycles. The van der Waals surface area contributed by atoms with Gasteiger partial charge in [0.15, 0.2) is 0 Å². The molecule has 1 aliphatic rings. The van der Waals surface area contributed by atoms with E-state index in [4.69, 9.17) is 0 Å². The van der Waals surface area contributed by atoms with Gasteiger partial charge in [0, 0.05) is 35.8 Å². The van der Waals surface area contributed by atoms with Crippen LogP contribution in [0.4, 0.5) is 4.39 Å². The van der Waals surface area contributed by atoms with E-state index in [9.17, 15) is 17.6 Å². The molecular formula is C25H27FN2O3S. The molecule has 32 heavy (non-hydrogen) atoms. The molecule has 0 aliphatic heterocycles. The Kier molecular flexibility index (Phi) is 6.31. The largest absolute Gasteiger partial charge is 0.316 e. The number of nitrogens with one attached hydrogen (secondary N) is 1. The van der Waals surface area contributed by atoms with Gasteiger partial charge in [0.25, 0.3) is 5.56 Å². The summed E-state index contributed by atoms with van der Waals surface area (Å²) < 4.78 is 42.9. The Labute approximate surface area is 188 Å². The number of halogens is 1. The van der Waals surface area contributed by atoms with Crippen molar-refractivity contribution in [2.45, 2.75) is 44.7 Å². The summed E-state index contributed by atoms with van der Waals surface area (Å²) in [5.74, 6) is -0.606. The summed E-state index contributed by atoms with van der Waals surface area (Å²) in [6, 6.07) is 15.8. The molecule has 0 fully saturated rings. The van der Waals surface area contributed by atoms with Crippen molar-refractivity contribution in [2.24, 2.45) is 0 Å². The Morgan fingerprint density at radius 2 is 1.91 bits per heavy atom. The number of aryl methyl sites for hydroxylation is 2. The molecule has 1 aromatic heterocycles. The molecule has 0 bridgehead atoms. The molecule has 2 aromatic carbocycles.